The van der Waals surface area contributed by atoms with Crippen molar-refractivity contribution in [1.29, 1.82) is 0 Å². The van der Waals surface area contributed by atoms with Gasteiger partial charge in [-0.1, -0.05) is 163 Å². The number of benzene rings is 4. The predicted molar refractivity (Wildman–Crippen MR) is 218 cm³/mol. The van der Waals surface area contributed by atoms with Crippen LogP contribution in [0, 0.1) is 11.8 Å². The van der Waals surface area contributed by atoms with Crippen molar-refractivity contribution >= 4 is 54.4 Å². The number of imidazole rings is 1. The lowest BCUT2D eigenvalue weighted by Crippen LogP contribution is -2.68. The van der Waals surface area contributed by atoms with Gasteiger partial charge in [0.1, 0.15) is 11.8 Å². The highest BCUT2D eigenvalue weighted by Crippen LogP contribution is 2.48. The van der Waals surface area contributed by atoms with Crippen LogP contribution in [-0.4, -0.2) is 49.4 Å². The van der Waals surface area contributed by atoms with Crippen molar-refractivity contribution in [2.75, 3.05) is 18.9 Å². The highest BCUT2D eigenvalue weighted by atomic mass is 28.4. The molecule has 9 heteroatoms. The van der Waals surface area contributed by atoms with Crippen LogP contribution in [-0.2, 0) is 8.85 Å². The molecule has 0 aliphatic heterocycles. The first kappa shape index (κ1) is 36.0. The molecule has 7 rings (SSSR count). The Morgan fingerprint density at radius 3 is 1.46 bits per heavy atom. The molecule has 1 fully saturated rings. The molecule has 52 heavy (non-hydrogen) atoms. The second-order valence-electron chi connectivity index (χ2n) is 16.3. The second kappa shape index (κ2) is 14.2. The Balaban J connectivity index is 1.29. The van der Waals surface area contributed by atoms with Gasteiger partial charge in [0.25, 0.3) is 16.6 Å². The number of nitrogens with two attached hydrogens (primary N) is 1. The molecule has 0 radical (unpaired) electrons. The van der Waals surface area contributed by atoms with Gasteiger partial charge in [0.15, 0.2) is 11.5 Å². The van der Waals surface area contributed by atoms with Gasteiger partial charge in [-0.3, -0.25) is 0 Å². The standard InChI is InChI=1S/C43H51N5O2Si2/c1-42(2,3)51(33-19-11-7-12-20-33,34-21-13-8-14-22-34)49-28-32-27-38(48-31-47-39-40(44)45-30-46-41(39)48)37(32)29-50-52(43(4,5)6,35-23-15-9-16-24-35)36-25-17-10-18-26-36/h7-26,30-32,37-38H,27-29H2,1-6H3,(H2,44,45,46)/t32-,37+,38+/m1/s1. The number of anilines is 1. The van der Waals surface area contributed by atoms with E-state index in [9.17, 15) is 0 Å². The van der Waals surface area contributed by atoms with Gasteiger partial charge >= 0.3 is 0 Å². The molecule has 7 nitrogen and oxygen atoms in total. The summed E-state index contributed by atoms with van der Waals surface area (Å²) in [5, 5.41) is 4.88. The zero-order chi connectivity index (χ0) is 36.6. The molecule has 1 aliphatic carbocycles. The largest absolute Gasteiger partial charge is 0.407 e. The molecule has 2 N–H and O–H groups in total. The first-order valence-electron chi connectivity index (χ1n) is 18.4. The first-order valence-corrected chi connectivity index (χ1v) is 22.2. The minimum absolute atomic E-state index is 0.116. The van der Waals surface area contributed by atoms with Crippen LogP contribution in [0.5, 0.6) is 0 Å². The van der Waals surface area contributed by atoms with Gasteiger partial charge in [0.2, 0.25) is 0 Å². The smallest absolute Gasteiger partial charge is 0.261 e. The van der Waals surface area contributed by atoms with Gasteiger partial charge in [-0.05, 0) is 43.2 Å². The van der Waals surface area contributed by atoms with Crippen molar-refractivity contribution in [2.24, 2.45) is 11.8 Å². The molecule has 1 saturated carbocycles. The average molecular weight is 726 g/mol. The highest BCUT2D eigenvalue weighted by Gasteiger charge is 2.54. The van der Waals surface area contributed by atoms with Crippen LogP contribution >= 0.6 is 0 Å². The van der Waals surface area contributed by atoms with Gasteiger partial charge in [0, 0.05) is 25.2 Å². The maximum absolute atomic E-state index is 7.64. The Morgan fingerprint density at radius 1 is 0.615 bits per heavy atom. The highest BCUT2D eigenvalue weighted by molar-refractivity contribution is 7.00. The summed E-state index contributed by atoms with van der Waals surface area (Å²) in [5.74, 6) is 0.796. The molecule has 3 atom stereocenters. The van der Waals surface area contributed by atoms with E-state index in [0.29, 0.717) is 24.5 Å². The third-order valence-electron chi connectivity index (χ3n) is 11.2. The lowest BCUT2D eigenvalue weighted by Gasteiger charge is -2.51. The van der Waals surface area contributed by atoms with Crippen LogP contribution in [0.3, 0.4) is 0 Å². The van der Waals surface area contributed by atoms with Crippen molar-refractivity contribution in [3.63, 3.8) is 0 Å². The third kappa shape index (κ3) is 6.23. The molecule has 2 aromatic heterocycles. The zero-order valence-electron chi connectivity index (χ0n) is 31.2. The molecule has 0 unspecified atom stereocenters. The van der Waals surface area contributed by atoms with Gasteiger partial charge in [0.05, 0.1) is 6.33 Å². The van der Waals surface area contributed by atoms with Crippen molar-refractivity contribution in [1.82, 2.24) is 19.5 Å². The van der Waals surface area contributed by atoms with E-state index in [1.54, 1.807) is 0 Å². The van der Waals surface area contributed by atoms with Crippen molar-refractivity contribution in [2.45, 2.75) is 64.1 Å². The second-order valence-corrected chi connectivity index (χ2v) is 24.9. The lowest BCUT2D eigenvalue weighted by molar-refractivity contribution is 0.00314. The fourth-order valence-electron chi connectivity index (χ4n) is 8.63. The fourth-order valence-corrected chi connectivity index (χ4v) is 17.8. The van der Waals surface area contributed by atoms with Crippen LogP contribution in [0.1, 0.15) is 54.0 Å². The summed E-state index contributed by atoms with van der Waals surface area (Å²) >= 11 is 0. The summed E-state index contributed by atoms with van der Waals surface area (Å²) in [7, 11) is -5.55. The minimum atomic E-state index is -2.80. The molecular weight excluding hydrogens is 675 g/mol. The van der Waals surface area contributed by atoms with Gasteiger partial charge in [-0.25, -0.2) is 15.0 Å². The summed E-state index contributed by atoms with van der Waals surface area (Å²) < 4.78 is 17.4. The van der Waals surface area contributed by atoms with E-state index >= 15 is 0 Å². The fraction of sp³-hybridized carbons (Fsp3) is 0.326. The van der Waals surface area contributed by atoms with Crippen molar-refractivity contribution < 1.29 is 8.85 Å². The normalized spacial score (nSPS) is 18.3. The molecule has 6 aromatic rings. The van der Waals surface area contributed by atoms with Crippen molar-refractivity contribution in [3.05, 3.63) is 134 Å². The predicted octanol–water partition coefficient (Wildman–Crippen LogP) is 6.74. The minimum Gasteiger partial charge on any atom is -0.407 e. The van der Waals surface area contributed by atoms with E-state index in [-0.39, 0.29) is 28.0 Å². The quantitative estimate of drug-likeness (QED) is 0.149. The van der Waals surface area contributed by atoms with Crippen LogP contribution in [0.2, 0.25) is 10.1 Å². The Kier molecular flexibility index (Phi) is 9.82. The molecule has 268 valence electrons. The number of fused-ring (bicyclic) bond motifs is 1. The zero-order valence-corrected chi connectivity index (χ0v) is 33.2. The molecular formula is C43H51N5O2Si2. The monoisotopic (exact) mass is 725 g/mol. The van der Waals surface area contributed by atoms with E-state index < -0.39 is 16.6 Å². The summed E-state index contributed by atoms with van der Waals surface area (Å²) in [6.07, 6.45) is 4.34. The molecule has 1 aliphatic rings. The molecule has 0 amide bonds. The van der Waals surface area contributed by atoms with Crippen LogP contribution in [0.4, 0.5) is 5.82 Å². The average Bonchev–Trinajstić information content (AvgIpc) is 3.56. The Morgan fingerprint density at radius 2 is 1.04 bits per heavy atom. The molecule has 2 heterocycles. The van der Waals surface area contributed by atoms with E-state index in [4.69, 9.17) is 14.6 Å². The number of rotatable bonds is 11. The number of nitrogens with zero attached hydrogens (tertiary/aromatic N) is 4. The number of hydrogen-bond acceptors (Lipinski definition) is 6. The topological polar surface area (TPSA) is 88.1 Å². The first-order chi connectivity index (χ1) is 25.0. The summed E-state index contributed by atoms with van der Waals surface area (Å²) in [4.78, 5) is 13.5. The molecule has 0 bridgehead atoms. The Labute approximate surface area is 310 Å². The molecule has 0 spiro atoms. The van der Waals surface area contributed by atoms with E-state index in [2.05, 4.69) is 182 Å². The van der Waals surface area contributed by atoms with Gasteiger partial charge in [-0.15, -0.1) is 0 Å². The van der Waals surface area contributed by atoms with E-state index in [1.807, 2.05) is 6.33 Å². The lowest BCUT2D eigenvalue weighted by atomic mass is 9.70. The number of nitrogen functional groups attached to an aromatic ring is 1. The Hall–Kier alpha value is -4.42. The van der Waals surface area contributed by atoms with E-state index in [0.717, 1.165) is 12.1 Å². The van der Waals surface area contributed by atoms with Gasteiger partial charge < -0.3 is 19.2 Å². The Bertz CT molecular complexity index is 2000. The maximum atomic E-state index is 7.64. The summed E-state index contributed by atoms with van der Waals surface area (Å²) in [5.41, 5.74) is 7.67. The number of hydrogen-bond donors (Lipinski definition) is 1. The summed E-state index contributed by atoms with van der Waals surface area (Å²) in [6.45, 7) is 15.2. The van der Waals surface area contributed by atoms with Gasteiger partial charge in [-0.2, -0.15) is 0 Å². The third-order valence-corrected chi connectivity index (χ3v) is 21.2. The van der Waals surface area contributed by atoms with Crippen LogP contribution in [0.15, 0.2) is 134 Å². The van der Waals surface area contributed by atoms with Crippen molar-refractivity contribution in [3.8, 4) is 0 Å². The number of aromatic nitrogens is 4. The van der Waals surface area contributed by atoms with Crippen LogP contribution < -0.4 is 26.5 Å². The van der Waals surface area contributed by atoms with Crippen LogP contribution in [0.25, 0.3) is 11.2 Å². The van der Waals surface area contributed by atoms with E-state index in [1.165, 1.54) is 27.1 Å². The molecule has 4 aromatic carbocycles. The SMILES string of the molecule is CC(C)(C)[Si](OC[C@H]1C[C@H](n2cnc3c(N)ncnc32)[C@H]1CO[Si](c1ccccc1)(c1ccccc1)C(C)(C)C)(c1ccccc1)c1ccccc1. The maximum Gasteiger partial charge on any atom is 0.261 e. The molecule has 0 saturated heterocycles. The summed E-state index contributed by atoms with van der Waals surface area (Å²) in [6, 6.07) is 43.7.